The fourth-order valence-electron chi connectivity index (χ4n) is 1.55. The van der Waals surface area contributed by atoms with Crippen molar-refractivity contribution in [1.29, 1.82) is 0 Å². The molecule has 0 aliphatic heterocycles. The topological polar surface area (TPSA) is 99.9 Å². The molecule has 0 radical (unpaired) electrons. The summed E-state index contributed by atoms with van der Waals surface area (Å²) in [6.45, 7) is 0.0883. The lowest BCUT2D eigenvalue weighted by Crippen LogP contribution is -2.26. The minimum Gasteiger partial charge on any atom is -0.493 e. The maximum atomic E-state index is 11.3. The standard InChI is InChI=1S/C12H16N2O6S/c1-18-10-5-8(7-20-12(15)13-3-4-21)9(14(16)17)6-11(10)19-2/h5-6,21H,3-4,7H2,1-2H3,(H,13,15). The van der Waals surface area contributed by atoms with Gasteiger partial charge < -0.3 is 19.5 Å². The van der Waals surface area contributed by atoms with E-state index in [9.17, 15) is 14.9 Å². The van der Waals surface area contributed by atoms with Gasteiger partial charge in [-0.25, -0.2) is 4.79 Å². The number of alkyl carbamates (subject to hydrolysis) is 1. The van der Waals surface area contributed by atoms with E-state index in [1.165, 1.54) is 26.4 Å². The van der Waals surface area contributed by atoms with Crippen molar-refractivity contribution in [2.75, 3.05) is 26.5 Å². The number of nitrogens with one attached hydrogen (secondary N) is 1. The zero-order valence-electron chi connectivity index (χ0n) is 11.6. The number of carbonyl (C=O) groups excluding carboxylic acids is 1. The number of carbonyl (C=O) groups is 1. The molecule has 0 fully saturated rings. The second kappa shape index (κ2) is 8.20. The third-order valence-electron chi connectivity index (χ3n) is 2.52. The summed E-state index contributed by atoms with van der Waals surface area (Å²) in [6.07, 6.45) is -0.673. The fourth-order valence-corrected chi connectivity index (χ4v) is 1.66. The van der Waals surface area contributed by atoms with Crippen LogP contribution in [0.2, 0.25) is 0 Å². The predicted octanol–water partition coefficient (Wildman–Crippen LogP) is 1.77. The molecule has 0 unspecified atom stereocenters. The summed E-state index contributed by atoms with van der Waals surface area (Å²) in [5.74, 6) is 1.01. The lowest BCUT2D eigenvalue weighted by Gasteiger charge is -2.11. The molecule has 9 heteroatoms. The molecule has 1 aromatic carbocycles. The van der Waals surface area contributed by atoms with E-state index in [1.54, 1.807) is 0 Å². The number of rotatable bonds is 7. The Balaban J connectivity index is 2.93. The molecule has 1 rings (SSSR count). The monoisotopic (exact) mass is 316 g/mol. The van der Waals surface area contributed by atoms with Crippen LogP contribution in [0.4, 0.5) is 10.5 Å². The number of nitro groups is 1. The Morgan fingerprint density at radius 3 is 2.48 bits per heavy atom. The molecule has 0 atom stereocenters. The number of thiol groups is 1. The van der Waals surface area contributed by atoms with Gasteiger partial charge in [0, 0.05) is 12.3 Å². The van der Waals surface area contributed by atoms with Gasteiger partial charge >= 0.3 is 6.09 Å². The van der Waals surface area contributed by atoms with Crippen molar-refractivity contribution in [1.82, 2.24) is 5.32 Å². The van der Waals surface area contributed by atoms with Gasteiger partial charge in [0.1, 0.15) is 6.61 Å². The zero-order chi connectivity index (χ0) is 15.8. The highest BCUT2D eigenvalue weighted by Crippen LogP contribution is 2.34. The smallest absolute Gasteiger partial charge is 0.407 e. The Labute approximate surface area is 126 Å². The number of nitrogens with zero attached hydrogens (tertiary/aromatic N) is 1. The van der Waals surface area contributed by atoms with Gasteiger partial charge in [-0.05, 0) is 6.07 Å². The molecule has 0 aromatic heterocycles. The second-order valence-electron chi connectivity index (χ2n) is 3.82. The second-order valence-corrected chi connectivity index (χ2v) is 4.27. The van der Waals surface area contributed by atoms with Crippen molar-refractivity contribution < 1.29 is 23.9 Å². The highest BCUT2D eigenvalue weighted by Gasteiger charge is 2.20. The molecule has 0 saturated heterocycles. The Morgan fingerprint density at radius 1 is 1.33 bits per heavy atom. The normalized spacial score (nSPS) is 9.86. The Hall–Kier alpha value is -2.16. The van der Waals surface area contributed by atoms with Crippen molar-refractivity contribution in [3.63, 3.8) is 0 Å². The van der Waals surface area contributed by atoms with Gasteiger partial charge in [0.2, 0.25) is 0 Å². The molecular weight excluding hydrogens is 300 g/mol. The predicted molar refractivity (Wildman–Crippen MR) is 78.2 cm³/mol. The average molecular weight is 316 g/mol. The highest BCUT2D eigenvalue weighted by atomic mass is 32.1. The number of nitro benzene ring substituents is 1. The Kier molecular flexibility index (Phi) is 6.60. The third kappa shape index (κ3) is 4.71. The van der Waals surface area contributed by atoms with Gasteiger partial charge in [-0.3, -0.25) is 10.1 Å². The molecule has 1 aromatic rings. The number of hydrogen-bond acceptors (Lipinski definition) is 7. The van der Waals surface area contributed by atoms with Gasteiger partial charge in [-0.15, -0.1) is 0 Å². The van der Waals surface area contributed by atoms with Crippen LogP contribution >= 0.6 is 12.6 Å². The van der Waals surface area contributed by atoms with Crippen molar-refractivity contribution >= 4 is 24.4 Å². The quantitative estimate of drug-likeness (QED) is 0.452. The van der Waals surface area contributed by atoms with Crippen LogP contribution in [0.5, 0.6) is 11.5 Å². The third-order valence-corrected chi connectivity index (χ3v) is 2.75. The summed E-state index contributed by atoms with van der Waals surface area (Å²) < 4.78 is 15.0. The van der Waals surface area contributed by atoms with Crippen LogP contribution < -0.4 is 14.8 Å². The maximum Gasteiger partial charge on any atom is 0.407 e. The summed E-state index contributed by atoms with van der Waals surface area (Å²) >= 11 is 3.93. The first-order valence-electron chi connectivity index (χ1n) is 5.94. The van der Waals surface area contributed by atoms with Crippen LogP contribution in [0.25, 0.3) is 0 Å². The van der Waals surface area contributed by atoms with Crippen LogP contribution in [0, 0.1) is 10.1 Å². The van der Waals surface area contributed by atoms with Gasteiger partial charge in [0.15, 0.2) is 11.5 Å². The first kappa shape index (κ1) is 16.9. The van der Waals surface area contributed by atoms with Crippen LogP contribution in [0.3, 0.4) is 0 Å². The van der Waals surface area contributed by atoms with Crippen molar-refractivity contribution in [2.24, 2.45) is 0 Å². The first-order valence-corrected chi connectivity index (χ1v) is 6.57. The van der Waals surface area contributed by atoms with Gasteiger partial charge in [0.05, 0.1) is 30.8 Å². The molecule has 0 saturated carbocycles. The van der Waals surface area contributed by atoms with Gasteiger partial charge in [-0.1, -0.05) is 0 Å². The minimum atomic E-state index is -0.673. The van der Waals surface area contributed by atoms with E-state index in [0.29, 0.717) is 18.0 Å². The lowest BCUT2D eigenvalue weighted by molar-refractivity contribution is -0.385. The van der Waals surface area contributed by atoms with E-state index < -0.39 is 11.0 Å². The summed E-state index contributed by atoms with van der Waals surface area (Å²) in [5.41, 5.74) is -0.00619. The average Bonchev–Trinajstić information content (AvgIpc) is 2.49. The molecule has 0 aliphatic rings. The number of hydrogen-bond donors (Lipinski definition) is 2. The fraction of sp³-hybridized carbons (Fsp3) is 0.417. The van der Waals surface area contributed by atoms with Crippen molar-refractivity contribution in [2.45, 2.75) is 6.61 Å². The number of amides is 1. The van der Waals surface area contributed by atoms with E-state index in [-0.39, 0.29) is 23.6 Å². The highest BCUT2D eigenvalue weighted by molar-refractivity contribution is 7.80. The lowest BCUT2D eigenvalue weighted by atomic mass is 10.1. The summed E-state index contributed by atoms with van der Waals surface area (Å²) in [5, 5.41) is 13.5. The molecule has 1 amide bonds. The SMILES string of the molecule is COc1cc(COC(=O)NCCS)c([N+](=O)[O-])cc1OC. The van der Waals surface area contributed by atoms with Gasteiger partial charge in [0.25, 0.3) is 5.69 Å². The van der Waals surface area contributed by atoms with E-state index in [2.05, 4.69) is 17.9 Å². The molecule has 21 heavy (non-hydrogen) atoms. The number of benzene rings is 1. The zero-order valence-corrected chi connectivity index (χ0v) is 12.5. The Morgan fingerprint density at radius 2 is 1.95 bits per heavy atom. The largest absolute Gasteiger partial charge is 0.493 e. The Bertz CT molecular complexity index is 523. The van der Waals surface area contributed by atoms with Gasteiger partial charge in [-0.2, -0.15) is 12.6 Å². The van der Waals surface area contributed by atoms with E-state index in [1.807, 2.05) is 0 Å². The molecule has 0 bridgehead atoms. The summed E-state index contributed by atoms with van der Waals surface area (Å²) in [7, 11) is 2.79. The molecule has 0 spiro atoms. The van der Waals surface area contributed by atoms with Crippen LogP contribution in [0.1, 0.15) is 5.56 Å². The first-order chi connectivity index (χ1) is 10.0. The van der Waals surface area contributed by atoms with Crippen molar-refractivity contribution in [3.05, 3.63) is 27.8 Å². The summed E-state index contributed by atoms with van der Waals surface area (Å²) in [6, 6.07) is 2.63. The number of ether oxygens (including phenoxy) is 3. The van der Waals surface area contributed by atoms with E-state index >= 15 is 0 Å². The van der Waals surface area contributed by atoms with Crippen molar-refractivity contribution in [3.8, 4) is 11.5 Å². The number of methoxy groups -OCH3 is 2. The summed E-state index contributed by atoms with van der Waals surface area (Å²) in [4.78, 5) is 21.8. The van der Waals surface area contributed by atoms with Crippen LogP contribution in [-0.4, -0.2) is 37.5 Å². The molecular formula is C12H16N2O6S. The molecule has 116 valence electrons. The van der Waals surface area contributed by atoms with Crippen LogP contribution in [-0.2, 0) is 11.3 Å². The van der Waals surface area contributed by atoms with Crippen LogP contribution in [0.15, 0.2) is 12.1 Å². The minimum absolute atomic E-state index is 0.207. The molecule has 0 aliphatic carbocycles. The molecule has 1 N–H and O–H groups in total. The molecule has 8 nitrogen and oxygen atoms in total. The molecule has 0 heterocycles. The maximum absolute atomic E-state index is 11.3. The van der Waals surface area contributed by atoms with E-state index in [4.69, 9.17) is 14.2 Å². The van der Waals surface area contributed by atoms with E-state index in [0.717, 1.165) is 0 Å².